The van der Waals surface area contributed by atoms with Gasteiger partial charge >= 0.3 is 5.97 Å². The molecule has 0 radical (unpaired) electrons. The van der Waals surface area contributed by atoms with Crippen molar-refractivity contribution in [3.8, 4) is 0 Å². The number of anilines is 1. The molecule has 0 aromatic carbocycles. The second-order valence-corrected chi connectivity index (χ2v) is 7.09. The fraction of sp³-hybridized carbons (Fsp3) is 0.714. The van der Waals surface area contributed by atoms with Crippen molar-refractivity contribution in [1.29, 1.82) is 0 Å². The Kier molecular flexibility index (Phi) is 4.38. The van der Waals surface area contributed by atoms with Crippen LogP contribution in [0.5, 0.6) is 0 Å². The Labute approximate surface area is 133 Å². The largest absolute Gasteiger partial charge is 0.465 e. The fourth-order valence-corrected chi connectivity index (χ4v) is 4.56. The van der Waals surface area contributed by atoms with E-state index in [0.29, 0.717) is 17.0 Å². The van der Waals surface area contributed by atoms with Gasteiger partial charge in [0, 0.05) is 25.2 Å². The van der Waals surface area contributed by atoms with Gasteiger partial charge in [0.05, 0.1) is 7.11 Å². The molecule has 0 aliphatic carbocycles. The summed E-state index contributed by atoms with van der Waals surface area (Å²) in [6.07, 6.45) is 3.85. The molecular formula is C14H20ClN3O2S. The van der Waals surface area contributed by atoms with Gasteiger partial charge in [-0.15, -0.1) is 0 Å². The van der Waals surface area contributed by atoms with E-state index in [2.05, 4.69) is 21.7 Å². The number of piperazine rings is 1. The van der Waals surface area contributed by atoms with E-state index in [-0.39, 0.29) is 5.15 Å². The molecule has 3 heterocycles. The van der Waals surface area contributed by atoms with Gasteiger partial charge in [-0.2, -0.15) is 0 Å². The lowest BCUT2D eigenvalue weighted by Gasteiger charge is -2.47. The number of aromatic nitrogens is 1. The van der Waals surface area contributed by atoms with Crippen molar-refractivity contribution in [2.75, 3.05) is 31.6 Å². The van der Waals surface area contributed by atoms with Gasteiger partial charge in [0.2, 0.25) is 0 Å². The minimum atomic E-state index is -0.410. The Morgan fingerprint density at radius 1 is 1.43 bits per heavy atom. The van der Waals surface area contributed by atoms with Crippen LogP contribution in [0.4, 0.5) is 5.13 Å². The van der Waals surface area contributed by atoms with Crippen LogP contribution in [0.25, 0.3) is 0 Å². The van der Waals surface area contributed by atoms with Gasteiger partial charge in [-0.1, -0.05) is 29.4 Å². The highest BCUT2D eigenvalue weighted by Gasteiger charge is 2.35. The number of thiazole rings is 1. The molecule has 1 aromatic rings. The predicted molar refractivity (Wildman–Crippen MR) is 84.5 cm³/mol. The van der Waals surface area contributed by atoms with Crippen molar-refractivity contribution >= 4 is 34.0 Å². The van der Waals surface area contributed by atoms with E-state index >= 15 is 0 Å². The Hall–Kier alpha value is -0.850. The summed E-state index contributed by atoms with van der Waals surface area (Å²) in [6, 6.07) is 0.978. The van der Waals surface area contributed by atoms with E-state index in [4.69, 9.17) is 16.3 Å². The van der Waals surface area contributed by atoms with Crippen LogP contribution in [0, 0.1) is 0 Å². The van der Waals surface area contributed by atoms with Crippen LogP contribution >= 0.6 is 22.9 Å². The van der Waals surface area contributed by atoms with E-state index in [9.17, 15) is 4.79 Å². The quantitative estimate of drug-likeness (QED) is 0.781. The first-order valence-electron chi connectivity index (χ1n) is 7.35. The number of nitrogens with zero attached hydrogens (tertiary/aromatic N) is 3. The van der Waals surface area contributed by atoms with Gasteiger partial charge in [0.15, 0.2) is 15.2 Å². The van der Waals surface area contributed by atoms with Gasteiger partial charge < -0.3 is 9.64 Å². The first-order valence-corrected chi connectivity index (χ1v) is 8.55. The molecule has 0 bridgehead atoms. The van der Waals surface area contributed by atoms with Crippen LogP contribution in [0.3, 0.4) is 0 Å². The number of halogens is 1. The standard InChI is InChI=1S/C14H20ClN3O2S/c1-9-7-17-6-4-3-5-10(17)8-18(9)14-16-12(15)11(21-14)13(19)20-2/h9-10H,3-8H2,1-2H3. The lowest BCUT2D eigenvalue weighted by Crippen LogP contribution is -2.58. The van der Waals surface area contributed by atoms with Crippen LogP contribution in [0.1, 0.15) is 35.9 Å². The highest BCUT2D eigenvalue weighted by Crippen LogP contribution is 2.34. The number of piperidine rings is 1. The third-order valence-corrected chi connectivity index (χ3v) is 5.84. The second-order valence-electron chi connectivity index (χ2n) is 5.75. The lowest BCUT2D eigenvalue weighted by atomic mass is 9.97. The number of esters is 1. The maximum absolute atomic E-state index is 11.7. The smallest absolute Gasteiger partial charge is 0.351 e. The van der Waals surface area contributed by atoms with Crippen LogP contribution in [0.15, 0.2) is 0 Å². The molecule has 21 heavy (non-hydrogen) atoms. The molecule has 2 aliphatic heterocycles. The maximum Gasteiger partial charge on any atom is 0.351 e. The number of rotatable bonds is 2. The normalized spacial score (nSPS) is 26.5. The van der Waals surface area contributed by atoms with E-state index in [1.165, 1.54) is 44.3 Å². The summed E-state index contributed by atoms with van der Waals surface area (Å²) >= 11 is 7.42. The first-order chi connectivity index (χ1) is 10.1. The van der Waals surface area contributed by atoms with Crippen molar-refractivity contribution in [3.05, 3.63) is 10.0 Å². The van der Waals surface area contributed by atoms with E-state index in [1.54, 1.807) is 0 Å². The summed E-state index contributed by atoms with van der Waals surface area (Å²) in [6.45, 7) is 5.42. The molecule has 2 saturated heterocycles. The lowest BCUT2D eigenvalue weighted by molar-refractivity contribution is 0.0606. The predicted octanol–water partition coefficient (Wildman–Crippen LogP) is 2.65. The van der Waals surface area contributed by atoms with Gasteiger partial charge in [0.25, 0.3) is 0 Å². The fourth-order valence-electron chi connectivity index (χ4n) is 3.25. The molecule has 1 aromatic heterocycles. The zero-order valence-electron chi connectivity index (χ0n) is 12.3. The molecule has 5 nitrogen and oxygen atoms in total. The number of ether oxygens (including phenoxy) is 1. The van der Waals surface area contributed by atoms with Crippen molar-refractivity contribution in [2.45, 2.75) is 38.3 Å². The molecular weight excluding hydrogens is 310 g/mol. The molecule has 0 amide bonds. The number of carbonyl (C=O) groups excluding carboxylic acids is 1. The SMILES string of the molecule is COC(=O)c1sc(N2CC3CCCCN3CC2C)nc1Cl. The minimum Gasteiger partial charge on any atom is -0.465 e. The number of fused-ring (bicyclic) bond motifs is 1. The van der Waals surface area contributed by atoms with Crippen molar-refractivity contribution in [1.82, 2.24) is 9.88 Å². The summed E-state index contributed by atoms with van der Waals surface area (Å²) in [5.74, 6) is -0.410. The minimum absolute atomic E-state index is 0.250. The van der Waals surface area contributed by atoms with Gasteiger partial charge in [-0.05, 0) is 26.3 Å². The third kappa shape index (κ3) is 2.89. The number of carbonyl (C=O) groups is 1. The summed E-state index contributed by atoms with van der Waals surface area (Å²) in [4.78, 5) is 21.3. The molecule has 2 fully saturated rings. The van der Waals surface area contributed by atoms with Crippen LogP contribution in [-0.2, 0) is 4.74 Å². The molecule has 0 saturated carbocycles. The maximum atomic E-state index is 11.7. The van der Waals surface area contributed by atoms with E-state index < -0.39 is 5.97 Å². The van der Waals surface area contributed by atoms with E-state index in [1.807, 2.05) is 0 Å². The molecule has 2 unspecified atom stereocenters. The Morgan fingerprint density at radius 2 is 2.24 bits per heavy atom. The molecule has 0 spiro atoms. The summed E-state index contributed by atoms with van der Waals surface area (Å²) in [5, 5.41) is 1.08. The van der Waals surface area contributed by atoms with Crippen molar-refractivity contribution < 1.29 is 9.53 Å². The number of hydrogen-bond acceptors (Lipinski definition) is 6. The van der Waals surface area contributed by atoms with Crippen molar-refractivity contribution in [2.24, 2.45) is 0 Å². The summed E-state index contributed by atoms with van der Waals surface area (Å²) in [7, 11) is 1.36. The number of hydrogen-bond donors (Lipinski definition) is 0. The van der Waals surface area contributed by atoms with Crippen molar-refractivity contribution in [3.63, 3.8) is 0 Å². The second kappa shape index (κ2) is 6.10. The van der Waals surface area contributed by atoms with Crippen LogP contribution < -0.4 is 4.90 Å². The zero-order chi connectivity index (χ0) is 15.0. The summed E-state index contributed by atoms with van der Waals surface area (Å²) in [5.41, 5.74) is 0. The first kappa shape index (κ1) is 15.1. The molecule has 2 atom stereocenters. The monoisotopic (exact) mass is 329 g/mol. The Bertz CT molecular complexity index is 536. The third-order valence-electron chi connectivity index (χ3n) is 4.38. The van der Waals surface area contributed by atoms with Crippen LogP contribution in [-0.4, -0.2) is 54.7 Å². The highest BCUT2D eigenvalue weighted by atomic mass is 35.5. The molecule has 2 aliphatic rings. The molecule has 116 valence electrons. The molecule has 7 heteroatoms. The Morgan fingerprint density at radius 3 is 3.00 bits per heavy atom. The topological polar surface area (TPSA) is 45.7 Å². The average Bonchev–Trinajstić information content (AvgIpc) is 2.87. The van der Waals surface area contributed by atoms with Gasteiger partial charge in [-0.3, -0.25) is 4.90 Å². The highest BCUT2D eigenvalue weighted by molar-refractivity contribution is 7.18. The van der Waals surface area contributed by atoms with Crippen LogP contribution in [0.2, 0.25) is 5.15 Å². The number of methoxy groups -OCH3 is 1. The average molecular weight is 330 g/mol. The molecule has 0 N–H and O–H groups in total. The molecule has 3 rings (SSSR count). The summed E-state index contributed by atoms with van der Waals surface area (Å²) < 4.78 is 4.75. The zero-order valence-corrected chi connectivity index (χ0v) is 13.9. The van der Waals surface area contributed by atoms with E-state index in [0.717, 1.165) is 18.2 Å². The Balaban J connectivity index is 1.81. The van der Waals surface area contributed by atoms with Gasteiger partial charge in [-0.25, -0.2) is 9.78 Å². The van der Waals surface area contributed by atoms with Gasteiger partial charge in [0.1, 0.15) is 0 Å².